The van der Waals surface area contributed by atoms with E-state index in [9.17, 15) is 0 Å². The second-order valence-corrected chi connectivity index (χ2v) is 3.18. The van der Waals surface area contributed by atoms with Gasteiger partial charge in [-0.05, 0) is 5.41 Å². The Balaban J connectivity index is 2.57. The van der Waals surface area contributed by atoms with Gasteiger partial charge in [0.05, 0.1) is 0 Å². The van der Waals surface area contributed by atoms with Gasteiger partial charge in [-0.1, -0.05) is 30.1 Å². The fourth-order valence-corrected chi connectivity index (χ4v) is 1.27. The van der Waals surface area contributed by atoms with Crippen LogP contribution in [-0.2, 0) is 0 Å². The summed E-state index contributed by atoms with van der Waals surface area (Å²) in [5.74, 6) is 0. The zero-order valence-electron chi connectivity index (χ0n) is 4.63. The van der Waals surface area contributed by atoms with E-state index in [1.165, 1.54) is 0 Å². The van der Waals surface area contributed by atoms with Crippen molar-refractivity contribution in [2.45, 2.75) is 0 Å². The molecule has 1 heterocycles. The molecule has 0 amide bonds. The molecule has 0 saturated carbocycles. The van der Waals surface area contributed by atoms with Crippen molar-refractivity contribution in [2.24, 2.45) is 0 Å². The van der Waals surface area contributed by atoms with E-state index in [0.29, 0.717) is 0 Å². The van der Waals surface area contributed by atoms with Gasteiger partial charge in [-0.25, -0.2) is 0 Å². The predicted octanol–water partition coefficient (Wildman–Crippen LogP) is 1.46. The summed E-state index contributed by atoms with van der Waals surface area (Å²) in [5.41, 5.74) is 0. The van der Waals surface area contributed by atoms with E-state index < -0.39 is 0 Å². The van der Waals surface area contributed by atoms with Gasteiger partial charge in [-0.3, -0.25) is 0 Å². The molecule has 1 nitrogen and oxygen atoms in total. The summed E-state index contributed by atoms with van der Waals surface area (Å²) in [7, 11) is 2.00. The average Bonchev–Trinajstić information content (AvgIpc) is 1.77. The van der Waals surface area contributed by atoms with Crippen LogP contribution in [0.1, 0.15) is 0 Å². The van der Waals surface area contributed by atoms with Crippen LogP contribution in [0.5, 0.6) is 0 Å². The van der Waals surface area contributed by atoms with Crippen LogP contribution in [0.25, 0.3) is 0 Å². The van der Waals surface area contributed by atoms with Gasteiger partial charge in [0, 0.05) is 13.6 Å². The molecule has 0 fully saturated rings. The molecule has 0 aromatic heterocycles. The Labute approximate surface area is 58.7 Å². The van der Waals surface area contributed by atoms with Crippen molar-refractivity contribution in [1.29, 1.82) is 0 Å². The zero-order valence-corrected chi connectivity index (χ0v) is 6.26. The van der Waals surface area contributed by atoms with Crippen molar-refractivity contribution in [3.05, 3.63) is 11.5 Å². The standard InChI is InChI=1S/C5H7NS2/c1-6-3-2-4-8-5(6)7/h2,4H,3H2,1H3. The lowest BCUT2D eigenvalue weighted by Gasteiger charge is -2.18. The molecular formula is C5H7NS2. The first-order chi connectivity index (χ1) is 3.80. The van der Waals surface area contributed by atoms with Gasteiger partial charge < -0.3 is 4.90 Å². The largest absolute Gasteiger partial charge is 0.357 e. The molecular weight excluding hydrogens is 138 g/mol. The second-order valence-electron chi connectivity index (χ2n) is 1.64. The third kappa shape index (κ3) is 1.23. The van der Waals surface area contributed by atoms with Crippen LogP contribution in [0.2, 0.25) is 0 Å². The topological polar surface area (TPSA) is 3.24 Å². The fraction of sp³-hybridized carbons (Fsp3) is 0.400. The highest BCUT2D eigenvalue weighted by molar-refractivity contribution is 8.24. The molecule has 0 N–H and O–H groups in total. The van der Waals surface area contributed by atoms with Gasteiger partial charge in [-0.2, -0.15) is 0 Å². The quantitative estimate of drug-likeness (QED) is 0.475. The Kier molecular flexibility index (Phi) is 1.91. The number of thioether (sulfide) groups is 1. The SMILES string of the molecule is CN1CC=CSC1=S. The van der Waals surface area contributed by atoms with Gasteiger partial charge in [0.15, 0.2) is 0 Å². The van der Waals surface area contributed by atoms with Crippen molar-refractivity contribution < 1.29 is 0 Å². The predicted molar refractivity (Wildman–Crippen MR) is 42.0 cm³/mol. The van der Waals surface area contributed by atoms with Gasteiger partial charge in [0.1, 0.15) is 4.32 Å². The van der Waals surface area contributed by atoms with Crippen molar-refractivity contribution >= 4 is 28.3 Å². The van der Waals surface area contributed by atoms with E-state index in [2.05, 4.69) is 6.08 Å². The highest BCUT2D eigenvalue weighted by Gasteiger charge is 2.03. The minimum atomic E-state index is 0.964. The van der Waals surface area contributed by atoms with Crippen molar-refractivity contribution in [2.75, 3.05) is 13.6 Å². The molecule has 44 valence electrons. The minimum absolute atomic E-state index is 0.964. The smallest absolute Gasteiger partial charge is 0.140 e. The maximum atomic E-state index is 4.97. The van der Waals surface area contributed by atoms with Crippen LogP contribution in [0.15, 0.2) is 11.5 Å². The third-order valence-electron chi connectivity index (χ3n) is 0.956. The Bertz CT molecular complexity index is 130. The van der Waals surface area contributed by atoms with Crippen LogP contribution in [0.3, 0.4) is 0 Å². The van der Waals surface area contributed by atoms with Gasteiger partial charge in [0.25, 0.3) is 0 Å². The zero-order chi connectivity index (χ0) is 5.98. The first kappa shape index (κ1) is 6.11. The summed E-state index contributed by atoms with van der Waals surface area (Å²) in [4.78, 5) is 2.04. The summed E-state index contributed by atoms with van der Waals surface area (Å²) in [6.45, 7) is 0.964. The molecule has 0 bridgehead atoms. The summed E-state index contributed by atoms with van der Waals surface area (Å²) < 4.78 is 0.965. The third-order valence-corrected chi connectivity index (χ3v) is 2.40. The number of likely N-dealkylation sites (N-methyl/N-ethyl adjacent to an activating group) is 1. The molecule has 8 heavy (non-hydrogen) atoms. The van der Waals surface area contributed by atoms with Crippen molar-refractivity contribution in [3.63, 3.8) is 0 Å². The monoisotopic (exact) mass is 145 g/mol. The molecule has 1 rings (SSSR count). The molecule has 0 unspecified atom stereocenters. The highest BCUT2D eigenvalue weighted by Crippen LogP contribution is 2.13. The number of nitrogens with zero attached hydrogens (tertiary/aromatic N) is 1. The fourth-order valence-electron chi connectivity index (χ4n) is 0.472. The summed E-state index contributed by atoms with van der Waals surface area (Å²) >= 11 is 6.57. The first-order valence-corrected chi connectivity index (χ1v) is 3.66. The van der Waals surface area contributed by atoms with Crippen LogP contribution >= 0.6 is 24.0 Å². The number of hydrogen-bond donors (Lipinski definition) is 0. The van der Waals surface area contributed by atoms with E-state index >= 15 is 0 Å². The Hall–Kier alpha value is -0.0200. The van der Waals surface area contributed by atoms with E-state index in [4.69, 9.17) is 12.2 Å². The van der Waals surface area contributed by atoms with E-state index in [1.807, 2.05) is 17.4 Å². The molecule has 0 saturated heterocycles. The molecule has 0 aliphatic carbocycles. The van der Waals surface area contributed by atoms with E-state index in [-0.39, 0.29) is 0 Å². The van der Waals surface area contributed by atoms with Crippen molar-refractivity contribution in [3.8, 4) is 0 Å². The van der Waals surface area contributed by atoms with E-state index in [1.54, 1.807) is 11.8 Å². The summed E-state index contributed by atoms with van der Waals surface area (Å²) in [5, 5.41) is 2.03. The number of rotatable bonds is 0. The summed E-state index contributed by atoms with van der Waals surface area (Å²) in [6, 6.07) is 0. The van der Waals surface area contributed by atoms with Crippen LogP contribution < -0.4 is 0 Å². The Morgan fingerprint density at radius 2 is 2.62 bits per heavy atom. The number of thiocarbonyl (C=S) groups is 1. The Morgan fingerprint density at radius 3 is 3.00 bits per heavy atom. The molecule has 3 heteroatoms. The average molecular weight is 145 g/mol. The highest BCUT2D eigenvalue weighted by atomic mass is 32.2. The maximum absolute atomic E-state index is 4.97. The minimum Gasteiger partial charge on any atom is -0.357 e. The normalized spacial score (nSPS) is 19.6. The van der Waals surface area contributed by atoms with Crippen LogP contribution in [0.4, 0.5) is 0 Å². The molecule has 0 aromatic carbocycles. The first-order valence-electron chi connectivity index (χ1n) is 2.37. The number of hydrogen-bond acceptors (Lipinski definition) is 2. The van der Waals surface area contributed by atoms with Crippen LogP contribution in [0, 0.1) is 0 Å². The maximum Gasteiger partial charge on any atom is 0.140 e. The van der Waals surface area contributed by atoms with Crippen LogP contribution in [-0.4, -0.2) is 22.8 Å². The van der Waals surface area contributed by atoms with Gasteiger partial charge >= 0.3 is 0 Å². The Morgan fingerprint density at radius 1 is 1.88 bits per heavy atom. The van der Waals surface area contributed by atoms with E-state index in [0.717, 1.165) is 10.9 Å². The van der Waals surface area contributed by atoms with Gasteiger partial charge in [0.2, 0.25) is 0 Å². The van der Waals surface area contributed by atoms with Crippen molar-refractivity contribution in [1.82, 2.24) is 4.90 Å². The molecule has 0 atom stereocenters. The lowest BCUT2D eigenvalue weighted by Crippen LogP contribution is -2.23. The molecule has 0 aromatic rings. The second kappa shape index (κ2) is 2.51. The molecule has 0 spiro atoms. The molecule has 1 aliphatic rings. The van der Waals surface area contributed by atoms with Gasteiger partial charge in [-0.15, -0.1) is 0 Å². The lowest BCUT2D eigenvalue weighted by atomic mass is 10.6. The molecule has 0 radical (unpaired) electrons. The molecule has 1 aliphatic heterocycles. The summed E-state index contributed by atoms with van der Waals surface area (Å²) in [6.07, 6.45) is 2.10. The lowest BCUT2D eigenvalue weighted by molar-refractivity contribution is 0.584.